The lowest BCUT2D eigenvalue weighted by molar-refractivity contribution is 0.593. The summed E-state index contributed by atoms with van der Waals surface area (Å²) < 4.78 is 27.1. The number of benzene rings is 1. The number of anilines is 1. The second kappa shape index (κ2) is 6.00. The van der Waals surface area contributed by atoms with Gasteiger partial charge in [0.25, 0.3) is 10.2 Å². The highest BCUT2D eigenvalue weighted by molar-refractivity contribution is 7.90. The first-order valence-electron chi connectivity index (χ1n) is 5.53. The Balaban J connectivity index is 2.75. The van der Waals surface area contributed by atoms with Crippen molar-refractivity contribution in [3.63, 3.8) is 0 Å². The zero-order valence-corrected chi connectivity index (χ0v) is 11.1. The van der Waals surface area contributed by atoms with Crippen LogP contribution in [0.3, 0.4) is 0 Å². The standard InChI is InChI=1S/C11H19N3O2S/c1-4-13-9(2)10-5-7-11(8-6-10)14-17(15,16)12-3/h5-9,12-14H,4H2,1-3H3. The van der Waals surface area contributed by atoms with Crippen LogP contribution in [0.1, 0.15) is 25.5 Å². The van der Waals surface area contributed by atoms with E-state index in [1.807, 2.05) is 19.1 Å². The lowest BCUT2D eigenvalue weighted by Gasteiger charge is -2.13. The van der Waals surface area contributed by atoms with Crippen molar-refractivity contribution in [1.29, 1.82) is 0 Å². The molecule has 0 radical (unpaired) electrons. The highest BCUT2D eigenvalue weighted by Crippen LogP contribution is 2.16. The van der Waals surface area contributed by atoms with Gasteiger partial charge in [0.15, 0.2) is 0 Å². The van der Waals surface area contributed by atoms with Gasteiger partial charge < -0.3 is 5.32 Å². The molecule has 0 fully saturated rings. The Labute approximate surface area is 103 Å². The molecular formula is C11H19N3O2S. The van der Waals surface area contributed by atoms with Gasteiger partial charge in [0.2, 0.25) is 0 Å². The van der Waals surface area contributed by atoms with E-state index in [2.05, 4.69) is 21.7 Å². The van der Waals surface area contributed by atoms with Crippen molar-refractivity contribution >= 4 is 15.9 Å². The summed E-state index contributed by atoms with van der Waals surface area (Å²) in [6.45, 7) is 5.01. The third-order valence-corrected chi connectivity index (χ3v) is 3.48. The maximum absolute atomic E-state index is 11.3. The molecule has 1 unspecified atom stereocenters. The van der Waals surface area contributed by atoms with Crippen molar-refractivity contribution in [3.8, 4) is 0 Å². The molecule has 1 aromatic carbocycles. The van der Waals surface area contributed by atoms with E-state index < -0.39 is 10.2 Å². The van der Waals surface area contributed by atoms with Crippen LogP contribution in [0.5, 0.6) is 0 Å². The highest BCUT2D eigenvalue weighted by atomic mass is 32.2. The topological polar surface area (TPSA) is 70.2 Å². The number of rotatable bonds is 6. The molecule has 6 heteroatoms. The molecule has 1 aromatic rings. The Morgan fingerprint density at radius 2 is 1.82 bits per heavy atom. The Hall–Kier alpha value is -1.11. The summed E-state index contributed by atoms with van der Waals surface area (Å²) in [5, 5.41) is 3.29. The Morgan fingerprint density at radius 3 is 2.29 bits per heavy atom. The number of hydrogen-bond acceptors (Lipinski definition) is 3. The average molecular weight is 257 g/mol. The summed E-state index contributed by atoms with van der Waals surface area (Å²) >= 11 is 0. The third-order valence-electron chi connectivity index (χ3n) is 2.44. The van der Waals surface area contributed by atoms with Crippen LogP contribution in [-0.2, 0) is 10.2 Å². The quantitative estimate of drug-likeness (QED) is 0.718. The summed E-state index contributed by atoms with van der Waals surface area (Å²) in [5.74, 6) is 0. The fraction of sp³-hybridized carbons (Fsp3) is 0.455. The molecule has 1 rings (SSSR count). The van der Waals surface area contributed by atoms with E-state index in [1.54, 1.807) is 12.1 Å². The van der Waals surface area contributed by atoms with Gasteiger partial charge >= 0.3 is 0 Å². The second-order valence-corrected chi connectivity index (χ2v) is 5.33. The van der Waals surface area contributed by atoms with Crippen LogP contribution in [0.4, 0.5) is 5.69 Å². The molecule has 3 N–H and O–H groups in total. The van der Waals surface area contributed by atoms with Crippen molar-refractivity contribution in [2.75, 3.05) is 18.3 Å². The zero-order chi connectivity index (χ0) is 12.9. The molecule has 0 aliphatic carbocycles. The van der Waals surface area contributed by atoms with Gasteiger partial charge in [-0.15, -0.1) is 0 Å². The van der Waals surface area contributed by atoms with E-state index in [9.17, 15) is 8.42 Å². The van der Waals surface area contributed by atoms with Crippen LogP contribution in [-0.4, -0.2) is 22.0 Å². The highest BCUT2D eigenvalue weighted by Gasteiger charge is 2.07. The second-order valence-electron chi connectivity index (χ2n) is 3.71. The predicted octanol–water partition coefficient (Wildman–Crippen LogP) is 1.23. The number of hydrogen-bond donors (Lipinski definition) is 3. The first-order chi connectivity index (χ1) is 7.98. The molecule has 96 valence electrons. The van der Waals surface area contributed by atoms with Crippen LogP contribution in [0.15, 0.2) is 24.3 Å². The van der Waals surface area contributed by atoms with Crippen LogP contribution in [0.25, 0.3) is 0 Å². The maximum Gasteiger partial charge on any atom is 0.298 e. The smallest absolute Gasteiger partial charge is 0.298 e. The van der Waals surface area contributed by atoms with Crippen molar-refractivity contribution in [2.24, 2.45) is 0 Å². The summed E-state index contributed by atoms with van der Waals surface area (Å²) in [5.41, 5.74) is 1.67. The fourth-order valence-corrected chi connectivity index (χ4v) is 2.02. The van der Waals surface area contributed by atoms with E-state index in [0.29, 0.717) is 5.69 Å². The molecule has 0 aliphatic rings. The molecule has 1 atom stereocenters. The normalized spacial score (nSPS) is 13.4. The molecular weight excluding hydrogens is 238 g/mol. The van der Waals surface area contributed by atoms with Gasteiger partial charge in [-0.1, -0.05) is 19.1 Å². The van der Waals surface area contributed by atoms with Gasteiger partial charge in [0.1, 0.15) is 0 Å². The largest absolute Gasteiger partial charge is 0.310 e. The van der Waals surface area contributed by atoms with Crippen LogP contribution < -0.4 is 14.8 Å². The summed E-state index contributed by atoms with van der Waals surface area (Å²) in [4.78, 5) is 0. The van der Waals surface area contributed by atoms with Crippen LogP contribution in [0.2, 0.25) is 0 Å². The average Bonchev–Trinajstić information content (AvgIpc) is 2.30. The first-order valence-corrected chi connectivity index (χ1v) is 7.01. The van der Waals surface area contributed by atoms with Gasteiger partial charge in [-0.3, -0.25) is 4.72 Å². The summed E-state index contributed by atoms with van der Waals surface area (Å²) in [7, 11) is -2.07. The third kappa shape index (κ3) is 4.33. The van der Waals surface area contributed by atoms with E-state index in [1.165, 1.54) is 7.05 Å². The Bertz CT molecular complexity index is 442. The zero-order valence-electron chi connectivity index (χ0n) is 10.3. The molecule has 0 saturated heterocycles. The minimum absolute atomic E-state index is 0.259. The summed E-state index contributed by atoms with van der Waals surface area (Å²) in [6.07, 6.45) is 0. The van der Waals surface area contributed by atoms with Gasteiger partial charge in [-0.2, -0.15) is 8.42 Å². The van der Waals surface area contributed by atoms with Crippen molar-refractivity contribution in [3.05, 3.63) is 29.8 Å². The lowest BCUT2D eigenvalue weighted by Crippen LogP contribution is -2.26. The van der Waals surface area contributed by atoms with Gasteiger partial charge in [0.05, 0.1) is 0 Å². The molecule has 17 heavy (non-hydrogen) atoms. The first kappa shape index (κ1) is 14.0. The molecule has 0 saturated carbocycles. The van der Waals surface area contributed by atoms with Crippen LogP contribution >= 0.6 is 0 Å². The van der Waals surface area contributed by atoms with Crippen molar-refractivity contribution in [1.82, 2.24) is 10.0 Å². The van der Waals surface area contributed by atoms with E-state index in [4.69, 9.17) is 0 Å². The molecule has 0 aliphatic heterocycles. The molecule has 0 amide bonds. The van der Waals surface area contributed by atoms with Crippen molar-refractivity contribution < 1.29 is 8.42 Å². The van der Waals surface area contributed by atoms with E-state index in [0.717, 1.165) is 12.1 Å². The fourth-order valence-electron chi connectivity index (χ4n) is 1.47. The molecule has 0 bridgehead atoms. The lowest BCUT2D eigenvalue weighted by atomic mass is 10.1. The minimum Gasteiger partial charge on any atom is -0.310 e. The van der Waals surface area contributed by atoms with E-state index in [-0.39, 0.29) is 6.04 Å². The maximum atomic E-state index is 11.3. The van der Waals surface area contributed by atoms with Crippen LogP contribution in [0, 0.1) is 0 Å². The Kier molecular flexibility index (Phi) is 4.92. The molecule has 0 aromatic heterocycles. The number of nitrogens with one attached hydrogen (secondary N) is 3. The molecule has 5 nitrogen and oxygen atoms in total. The monoisotopic (exact) mass is 257 g/mol. The van der Waals surface area contributed by atoms with Gasteiger partial charge in [0, 0.05) is 18.8 Å². The minimum atomic E-state index is -3.43. The summed E-state index contributed by atoms with van der Waals surface area (Å²) in [6, 6.07) is 7.56. The SMILES string of the molecule is CCNC(C)c1ccc(NS(=O)(=O)NC)cc1. The van der Waals surface area contributed by atoms with E-state index >= 15 is 0 Å². The predicted molar refractivity (Wildman–Crippen MR) is 70.1 cm³/mol. The molecule has 0 spiro atoms. The Morgan fingerprint density at radius 1 is 1.24 bits per heavy atom. The molecule has 0 heterocycles. The van der Waals surface area contributed by atoms with Gasteiger partial charge in [-0.05, 0) is 31.2 Å². The van der Waals surface area contributed by atoms with Crippen molar-refractivity contribution in [2.45, 2.75) is 19.9 Å². The van der Waals surface area contributed by atoms with Gasteiger partial charge in [-0.25, -0.2) is 4.72 Å².